The van der Waals surface area contributed by atoms with Crippen LogP contribution >= 0.6 is 0 Å². The number of esters is 1. The molecule has 1 unspecified atom stereocenters. The zero-order valence-corrected chi connectivity index (χ0v) is 13.7. The molecular weight excluding hydrogens is 294 g/mol. The van der Waals surface area contributed by atoms with Crippen molar-refractivity contribution >= 4 is 5.97 Å². The number of hydrogen-bond acceptors (Lipinski definition) is 5. The summed E-state index contributed by atoms with van der Waals surface area (Å²) in [6.45, 7) is 6.25. The third-order valence-corrected chi connectivity index (χ3v) is 2.76. The van der Waals surface area contributed by atoms with E-state index in [-0.39, 0.29) is 12.3 Å². The number of nitrogens with zero attached hydrogens (tertiary/aromatic N) is 1. The third kappa shape index (κ3) is 6.08. The molecule has 0 bridgehead atoms. The Bertz CT molecular complexity index is 587. The van der Waals surface area contributed by atoms with Crippen LogP contribution in [-0.2, 0) is 16.1 Å². The Labute approximate surface area is 136 Å². The number of rotatable bonds is 6. The molecule has 0 amide bonds. The summed E-state index contributed by atoms with van der Waals surface area (Å²) in [5, 5.41) is 9.84. The predicted molar refractivity (Wildman–Crippen MR) is 88.0 cm³/mol. The summed E-state index contributed by atoms with van der Waals surface area (Å²) in [5.41, 5.74) is 1.22. The van der Waals surface area contributed by atoms with E-state index in [0.29, 0.717) is 12.5 Å². The Morgan fingerprint density at radius 2 is 1.83 bits per heavy atom. The average Bonchev–Trinajstić information content (AvgIpc) is 2.62. The Kier molecular flexibility index (Phi) is 8.39. The van der Waals surface area contributed by atoms with Gasteiger partial charge < -0.3 is 14.6 Å². The van der Waals surface area contributed by atoms with Gasteiger partial charge in [-0.15, -0.1) is 0 Å². The number of ether oxygens (including phenoxy) is 2. The van der Waals surface area contributed by atoms with Crippen molar-refractivity contribution in [3.63, 3.8) is 0 Å². The summed E-state index contributed by atoms with van der Waals surface area (Å²) in [6.07, 6.45) is -1.40. The second-order valence-electron chi connectivity index (χ2n) is 4.33. The van der Waals surface area contributed by atoms with E-state index in [1.165, 1.54) is 0 Å². The summed E-state index contributed by atoms with van der Waals surface area (Å²) >= 11 is 0. The van der Waals surface area contributed by atoms with Gasteiger partial charge in [-0.1, -0.05) is 50.2 Å². The van der Waals surface area contributed by atoms with Crippen molar-refractivity contribution in [1.82, 2.24) is 4.98 Å². The van der Waals surface area contributed by atoms with Crippen LogP contribution in [0.15, 0.2) is 48.5 Å². The van der Waals surface area contributed by atoms with Crippen LogP contribution in [0.2, 0.25) is 0 Å². The summed E-state index contributed by atoms with van der Waals surface area (Å²) in [6, 6.07) is 14.6. The van der Waals surface area contributed by atoms with Crippen LogP contribution in [0.5, 0.6) is 5.88 Å². The number of aliphatic hydroxyl groups is 1. The molecule has 0 radical (unpaired) electrons. The molecule has 1 atom stereocenters. The molecular formula is C18H23NO4. The van der Waals surface area contributed by atoms with Gasteiger partial charge in [-0.3, -0.25) is 0 Å². The van der Waals surface area contributed by atoms with Crippen LogP contribution < -0.4 is 4.74 Å². The lowest BCUT2D eigenvalue weighted by atomic mass is 10.2. The molecule has 23 heavy (non-hydrogen) atoms. The normalized spacial score (nSPS) is 11.0. The van der Waals surface area contributed by atoms with Crippen LogP contribution in [0.3, 0.4) is 0 Å². The summed E-state index contributed by atoms with van der Waals surface area (Å²) in [5.74, 6) is -0.370. The van der Waals surface area contributed by atoms with Crippen molar-refractivity contribution in [3.05, 3.63) is 59.8 Å². The van der Waals surface area contributed by atoms with Gasteiger partial charge in [0, 0.05) is 6.07 Å². The van der Waals surface area contributed by atoms with Gasteiger partial charge in [0.05, 0.1) is 12.3 Å². The zero-order valence-electron chi connectivity index (χ0n) is 13.7. The van der Waals surface area contributed by atoms with Crippen LogP contribution in [0, 0.1) is 0 Å². The highest BCUT2D eigenvalue weighted by Crippen LogP contribution is 2.16. The number of aromatic nitrogens is 1. The molecule has 2 rings (SSSR count). The molecule has 1 aromatic carbocycles. The van der Waals surface area contributed by atoms with E-state index in [9.17, 15) is 9.90 Å². The SMILES string of the molecule is CC.CCOC(=O)C(O)c1cccc(OCc2ccccc2)n1. The van der Waals surface area contributed by atoms with E-state index < -0.39 is 12.1 Å². The lowest BCUT2D eigenvalue weighted by Crippen LogP contribution is -2.16. The molecule has 1 N–H and O–H groups in total. The number of benzene rings is 1. The number of pyridine rings is 1. The monoisotopic (exact) mass is 317 g/mol. The van der Waals surface area contributed by atoms with Gasteiger partial charge >= 0.3 is 5.97 Å². The van der Waals surface area contributed by atoms with Crippen molar-refractivity contribution in [1.29, 1.82) is 0 Å². The number of hydrogen-bond donors (Lipinski definition) is 1. The summed E-state index contributed by atoms with van der Waals surface area (Å²) in [7, 11) is 0. The molecule has 0 aliphatic carbocycles. The molecule has 1 heterocycles. The fourth-order valence-corrected chi connectivity index (χ4v) is 1.74. The first-order valence-corrected chi connectivity index (χ1v) is 7.69. The molecule has 1 aromatic heterocycles. The first kappa shape index (κ1) is 18.6. The third-order valence-electron chi connectivity index (χ3n) is 2.76. The Balaban J connectivity index is 0.00000127. The van der Waals surface area contributed by atoms with E-state index in [4.69, 9.17) is 9.47 Å². The fraction of sp³-hybridized carbons (Fsp3) is 0.333. The highest BCUT2D eigenvalue weighted by Gasteiger charge is 2.20. The second kappa shape index (κ2) is 10.3. The van der Waals surface area contributed by atoms with Crippen LogP contribution in [-0.4, -0.2) is 22.7 Å². The van der Waals surface area contributed by atoms with E-state index >= 15 is 0 Å². The van der Waals surface area contributed by atoms with Crippen molar-refractivity contribution in [2.45, 2.75) is 33.5 Å². The highest BCUT2D eigenvalue weighted by atomic mass is 16.5. The predicted octanol–water partition coefficient (Wildman–Crippen LogP) is 3.28. The van der Waals surface area contributed by atoms with Crippen LogP contribution in [0.1, 0.15) is 38.1 Å². The molecule has 0 spiro atoms. The fourth-order valence-electron chi connectivity index (χ4n) is 1.74. The van der Waals surface area contributed by atoms with Crippen LogP contribution in [0.4, 0.5) is 0 Å². The summed E-state index contributed by atoms with van der Waals surface area (Å²) < 4.78 is 10.3. The zero-order chi connectivity index (χ0) is 17.1. The van der Waals surface area contributed by atoms with Crippen molar-refractivity contribution in [2.24, 2.45) is 0 Å². The molecule has 0 fully saturated rings. The highest BCUT2D eigenvalue weighted by molar-refractivity contribution is 5.75. The average molecular weight is 317 g/mol. The summed E-state index contributed by atoms with van der Waals surface area (Å²) in [4.78, 5) is 15.6. The van der Waals surface area contributed by atoms with Gasteiger partial charge in [-0.2, -0.15) is 0 Å². The van der Waals surface area contributed by atoms with Crippen molar-refractivity contribution in [2.75, 3.05) is 6.61 Å². The smallest absolute Gasteiger partial charge is 0.341 e. The lowest BCUT2D eigenvalue weighted by molar-refractivity contribution is -0.153. The molecule has 2 aromatic rings. The Morgan fingerprint density at radius 1 is 1.13 bits per heavy atom. The van der Waals surface area contributed by atoms with Gasteiger partial charge in [0.15, 0.2) is 6.10 Å². The molecule has 0 aliphatic heterocycles. The first-order valence-electron chi connectivity index (χ1n) is 7.69. The molecule has 5 nitrogen and oxygen atoms in total. The van der Waals surface area contributed by atoms with Gasteiger partial charge in [0.1, 0.15) is 6.61 Å². The topological polar surface area (TPSA) is 68.7 Å². The maximum absolute atomic E-state index is 11.5. The van der Waals surface area contributed by atoms with E-state index in [0.717, 1.165) is 5.56 Å². The minimum Gasteiger partial charge on any atom is -0.473 e. The second-order valence-corrected chi connectivity index (χ2v) is 4.33. The molecule has 5 heteroatoms. The maximum atomic E-state index is 11.5. The lowest BCUT2D eigenvalue weighted by Gasteiger charge is -2.11. The quantitative estimate of drug-likeness (QED) is 0.828. The maximum Gasteiger partial charge on any atom is 0.341 e. The number of aliphatic hydroxyl groups excluding tert-OH is 1. The number of carbonyl (C=O) groups excluding carboxylic acids is 1. The number of carbonyl (C=O) groups is 1. The van der Waals surface area contributed by atoms with E-state index in [1.54, 1.807) is 25.1 Å². The van der Waals surface area contributed by atoms with E-state index in [1.807, 2.05) is 44.2 Å². The van der Waals surface area contributed by atoms with Gasteiger partial charge in [-0.05, 0) is 18.6 Å². The molecule has 0 saturated heterocycles. The minimum atomic E-state index is -1.40. The van der Waals surface area contributed by atoms with Gasteiger partial charge in [0.25, 0.3) is 0 Å². The molecule has 124 valence electrons. The first-order chi connectivity index (χ1) is 11.2. The van der Waals surface area contributed by atoms with Crippen LogP contribution in [0.25, 0.3) is 0 Å². The van der Waals surface area contributed by atoms with Gasteiger partial charge in [-0.25, -0.2) is 9.78 Å². The van der Waals surface area contributed by atoms with Crippen molar-refractivity contribution < 1.29 is 19.4 Å². The van der Waals surface area contributed by atoms with Crippen molar-refractivity contribution in [3.8, 4) is 5.88 Å². The van der Waals surface area contributed by atoms with Gasteiger partial charge in [0.2, 0.25) is 5.88 Å². The standard InChI is InChI=1S/C16H17NO4.C2H6/c1-2-20-16(19)15(18)13-9-6-10-14(17-13)21-11-12-7-4-3-5-8-12;1-2/h3-10,15,18H,2,11H2,1H3;1-2H3. The minimum absolute atomic E-state index is 0.207. The largest absolute Gasteiger partial charge is 0.473 e. The Hall–Kier alpha value is -2.40. The van der Waals surface area contributed by atoms with E-state index in [2.05, 4.69) is 4.98 Å². The Morgan fingerprint density at radius 3 is 2.48 bits per heavy atom. The molecule has 0 saturated carbocycles. The molecule has 0 aliphatic rings.